The normalized spacial score (nSPS) is 11.2. The number of para-hydroxylation sites is 1. The summed E-state index contributed by atoms with van der Waals surface area (Å²) in [6.07, 6.45) is 3.75. The summed E-state index contributed by atoms with van der Waals surface area (Å²) in [5.74, 6) is 1.03. The van der Waals surface area contributed by atoms with E-state index >= 15 is 0 Å². The van der Waals surface area contributed by atoms with Crippen LogP contribution in [0.1, 0.15) is 29.7 Å². The molecule has 0 spiro atoms. The minimum atomic E-state index is 0.793. The number of hydrogen-bond donors (Lipinski definition) is 1. The molecule has 0 saturated carbocycles. The lowest BCUT2D eigenvalue weighted by Gasteiger charge is -2.02. The molecule has 0 bridgehead atoms. The topological polar surface area (TPSA) is 38.1 Å². The molecule has 0 amide bonds. The van der Waals surface area contributed by atoms with Gasteiger partial charge in [0.25, 0.3) is 0 Å². The Bertz CT molecular complexity index is 653. The van der Waals surface area contributed by atoms with Gasteiger partial charge in [-0.05, 0) is 31.2 Å². The number of benzene rings is 1. The van der Waals surface area contributed by atoms with Crippen molar-refractivity contribution < 1.29 is 4.42 Å². The highest BCUT2D eigenvalue weighted by Gasteiger charge is 2.10. The minimum Gasteiger partial charge on any atom is -0.468 e. The van der Waals surface area contributed by atoms with Gasteiger partial charge >= 0.3 is 0 Å². The Morgan fingerprint density at radius 2 is 2.15 bits per heavy atom. The van der Waals surface area contributed by atoms with Gasteiger partial charge in [0, 0.05) is 12.0 Å². The Balaban J connectivity index is 1.75. The molecule has 0 aliphatic heterocycles. The Labute approximate surface area is 122 Å². The lowest BCUT2D eigenvalue weighted by atomic mass is 10.2. The van der Waals surface area contributed by atoms with E-state index in [9.17, 15) is 0 Å². The molecule has 20 heavy (non-hydrogen) atoms. The number of aromatic nitrogens is 1. The predicted octanol–water partition coefficient (Wildman–Crippen LogP) is 3.98. The van der Waals surface area contributed by atoms with Crippen LogP contribution in [0.15, 0.2) is 41.0 Å². The second-order valence-electron chi connectivity index (χ2n) is 4.80. The minimum absolute atomic E-state index is 0.793. The first-order valence-corrected chi connectivity index (χ1v) is 7.79. The molecule has 104 valence electrons. The van der Waals surface area contributed by atoms with E-state index in [-0.39, 0.29) is 0 Å². The quantitative estimate of drug-likeness (QED) is 0.697. The van der Waals surface area contributed by atoms with Gasteiger partial charge in [0.05, 0.1) is 28.0 Å². The van der Waals surface area contributed by atoms with E-state index in [1.54, 1.807) is 17.6 Å². The van der Waals surface area contributed by atoms with Gasteiger partial charge in [-0.1, -0.05) is 19.1 Å². The van der Waals surface area contributed by atoms with Crippen molar-refractivity contribution in [1.82, 2.24) is 10.3 Å². The first-order chi connectivity index (χ1) is 9.86. The molecule has 0 aliphatic rings. The van der Waals surface area contributed by atoms with Gasteiger partial charge in [0.2, 0.25) is 0 Å². The lowest BCUT2D eigenvalue weighted by molar-refractivity contribution is 0.479. The first-order valence-electron chi connectivity index (χ1n) is 6.97. The van der Waals surface area contributed by atoms with Crippen LogP contribution in [0.3, 0.4) is 0 Å². The fourth-order valence-electron chi connectivity index (χ4n) is 2.22. The number of nitrogens with one attached hydrogen (secondary N) is 1. The zero-order chi connectivity index (χ0) is 13.8. The maximum absolute atomic E-state index is 5.57. The molecule has 2 aromatic heterocycles. The number of rotatable bonds is 6. The van der Waals surface area contributed by atoms with Crippen molar-refractivity contribution in [2.24, 2.45) is 0 Å². The highest BCUT2D eigenvalue weighted by molar-refractivity contribution is 7.18. The van der Waals surface area contributed by atoms with Crippen LogP contribution < -0.4 is 5.32 Å². The summed E-state index contributed by atoms with van der Waals surface area (Å²) < 4.78 is 6.82. The van der Waals surface area contributed by atoms with Crippen molar-refractivity contribution in [2.45, 2.75) is 26.3 Å². The lowest BCUT2D eigenvalue weighted by Crippen LogP contribution is -2.14. The van der Waals surface area contributed by atoms with Crippen LogP contribution in [0.2, 0.25) is 0 Å². The van der Waals surface area contributed by atoms with Crippen molar-refractivity contribution in [2.75, 3.05) is 6.54 Å². The molecule has 3 rings (SSSR count). The monoisotopic (exact) mass is 286 g/mol. The summed E-state index contributed by atoms with van der Waals surface area (Å²) in [4.78, 5) is 4.68. The van der Waals surface area contributed by atoms with E-state index in [0.29, 0.717) is 0 Å². The second kappa shape index (κ2) is 6.20. The van der Waals surface area contributed by atoms with E-state index in [2.05, 4.69) is 41.5 Å². The van der Waals surface area contributed by atoms with E-state index in [1.165, 1.54) is 10.3 Å². The Hall–Kier alpha value is -1.65. The van der Waals surface area contributed by atoms with Crippen LogP contribution in [0.25, 0.3) is 10.2 Å². The van der Waals surface area contributed by atoms with Crippen LogP contribution >= 0.6 is 11.3 Å². The van der Waals surface area contributed by atoms with Crippen molar-refractivity contribution >= 4 is 21.6 Å². The average Bonchev–Trinajstić information content (AvgIpc) is 3.06. The molecular formula is C16H18N2OS. The number of hydrogen-bond acceptors (Lipinski definition) is 4. The third-order valence-corrected chi connectivity index (χ3v) is 4.27. The van der Waals surface area contributed by atoms with Gasteiger partial charge < -0.3 is 9.73 Å². The van der Waals surface area contributed by atoms with Gasteiger partial charge in [-0.15, -0.1) is 11.3 Å². The molecule has 4 heteroatoms. The fraction of sp³-hybridized carbons (Fsp3) is 0.312. The van der Waals surface area contributed by atoms with Crippen molar-refractivity contribution in [3.05, 3.63) is 52.9 Å². The summed E-state index contributed by atoms with van der Waals surface area (Å²) in [7, 11) is 0. The summed E-state index contributed by atoms with van der Waals surface area (Å²) in [5.41, 5.74) is 2.31. The molecule has 1 N–H and O–H groups in total. The summed E-state index contributed by atoms with van der Waals surface area (Å²) in [6, 6.07) is 10.3. The second-order valence-corrected chi connectivity index (χ2v) is 5.91. The Morgan fingerprint density at radius 3 is 3.00 bits per heavy atom. The van der Waals surface area contributed by atoms with Crippen molar-refractivity contribution in [3.63, 3.8) is 0 Å². The fourth-order valence-corrected chi connectivity index (χ4v) is 3.21. The largest absolute Gasteiger partial charge is 0.468 e. The van der Waals surface area contributed by atoms with Gasteiger partial charge in [0.15, 0.2) is 0 Å². The van der Waals surface area contributed by atoms with Crippen LogP contribution in [0.5, 0.6) is 0 Å². The van der Waals surface area contributed by atoms with Crippen molar-refractivity contribution in [1.29, 1.82) is 0 Å². The van der Waals surface area contributed by atoms with Gasteiger partial charge in [-0.25, -0.2) is 4.98 Å². The Morgan fingerprint density at radius 1 is 1.25 bits per heavy atom. The van der Waals surface area contributed by atoms with Crippen LogP contribution in [0.4, 0.5) is 0 Å². The average molecular weight is 286 g/mol. The number of fused-ring (bicyclic) bond motifs is 1. The van der Waals surface area contributed by atoms with E-state index in [4.69, 9.17) is 4.42 Å². The Kier molecular flexibility index (Phi) is 4.14. The zero-order valence-electron chi connectivity index (χ0n) is 11.6. The van der Waals surface area contributed by atoms with E-state index in [1.807, 2.05) is 6.07 Å². The maximum atomic E-state index is 5.57. The maximum Gasteiger partial charge on any atom is 0.121 e. The highest BCUT2D eigenvalue weighted by Crippen LogP contribution is 2.25. The molecule has 0 atom stereocenters. The van der Waals surface area contributed by atoms with E-state index in [0.717, 1.165) is 42.2 Å². The highest BCUT2D eigenvalue weighted by atomic mass is 32.1. The molecule has 0 saturated heterocycles. The smallest absolute Gasteiger partial charge is 0.121 e. The molecule has 2 heterocycles. The standard InChI is InChI=1S/C16H18N2OS/c1-2-8-17-11-14-12(7-9-19-14)10-16-18-13-5-3-4-6-15(13)20-16/h3-7,9,17H,2,8,10-11H2,1H3. The molecule has 1 aromatic carbocycles. The number of thiazole rings is 1. The third kappa shape index (κ3) is 2.92. The zero-order valence-corrected chi connectivity index (χ0v) is 12.4. The van der Waals surface area contributed by atoms with Gasteiger partial charge in [-0.2, -0.15) is 0 Å². The van der Waals surface area contributed by atoms with Gasteiger partial charge in [-0.3, -0.25) is 0 Å². The third-order valence-electron chi connectivity index (χ3n) is 3.23. The summed E-state index contributed by atoms with van der Waals surface area (Å²) in [6.45, 7) is 3.97. The van der Waals surface area contributed by atoms with Crippen LogP contribution in [-0.2, 0) is 13.0 Å². The first kappa shape index (κ1) is 13.3. The molecule has 0 radical (unpaired) electrons. The number of nitrogens with zero attached hydrogens (tertiary/aromatic N) is 1. The molecule has 3 aromatic rings. The molecule has 0 aliphatic carbocycles. The predicted molar refractivity (Wildman–Crippen MR) is 83.1 cm³/mol. The van der Waals surface area contributed by atoms with Crippen LogP contribution in [0, 0.1) is 0 Å². The summed E-state index contributed by atoms with van der Waals surface area (Å²) >= 11 is 1.76. The molecule has 3 nitrogen and oxygen atoms in total. The van der Waals surface area contributed by atoms with Crippen LogP contribution in [-0.4, -0.2) is 11.5 Å². The molecular weight excluding hydrogens is 268 g/mol. The van der Waals surface area contributed by atoms with E-state index < -0.39 is 0 Å². The SMILES string of the molecule is CCCNCc1occc1Cc1nc2ccccc2s1. The summed E-state index contributed by atoms with van der Waals surface area (Å²) in [5, 5.41) is 4.52. The molecule has 0 fully saturated rings. The number of furan rings is 1. The van der Waals surface area contributed by atoms with Crippen molar-refractivity contribution in [3.8, 4) is 0 Å². The van der Waals surface area contributed by atoms with Gasteiger partial charge in [0.1, 0.15) is 5.76 Å². The molecule has 0 unspecified atom stereocenters.